The quantitative estimate of drug-likeness (QED) is 0.343. The monoisotopic (exact) mass is 599 g/mol. The van der Waals surface area contributed by atoms with Gasteiger partial charge in [-0.05, 0) is 75.8 Å². The standard InChI is InChI=1S/C28H30Cl2F3N3O4/c1-26(25(39)40)10-6-16(7-11-26)36-23(28(31,32)33)18(14-34-36)24(38)35(17-12-27(13-17)8-3-9-27)15-21(37)22-19(29)4-2-5-20(22)30/h2,4-5,14,16-17H,3,6-13,15H2,1H3,(H,39,40)/t16-,26-. The highest BCUT2D eigenvalue weighted by Crippen LogP contribution is 2.57. The molecule has 0 unspecified atom stereocenters. The molecular formula is C28H30Cl2F3N3O4. The van der Waals surface area contributed by atoms with Gasteiger partial charge < -0.3 is 10.0 Å². The summed E-state index contributed by atoms with van der Waals surface area (Å²) in [6, 6.07) is 3.46. The molecule has 1 aromatic carbocycles. The van der Waals surface area contributed by atoms with Crippen molar-refractivity contribution in [3.05, 3.63) is 51.3 Å². The molecule has 40 heavy (non-hydrogen) atoms. The van der Waals surface area contributed by atoms with Gasteiger partial charge >= 0.3 is 12.1 Å². The van der Waals surface area contributed by atoms with Crippen LogP contribution < -0.4 is 0 Å². The van der Waals surface area contributed by atoms with Crippen LogP contribution in [-0.2, 0) is 11.0 Å². The summed E-state index contributed by atoms with van der Waals surface area (Å²) in [4.78, 5) is 40.0. The number of carboxylic acid groups (broad SMARTS) is 1. The van der Waals surface area contributed by atoms with E-state index >= 15 is 0 Å². The number of amides is 1. The van der Waals surface area contributed by atoms with E-state index in [9.17, 15) is 32.7 Å². The second-order valence-electron chi connectivity index (χ2n) is 11.8. The number of aromatic nitrogens is 2. The smallest absolute Gasteiger partial charge is 0.433 e. The SMILES string of the molecule is C[C@]1(C(=O)O)CC[C@H](n2ncc(C(=O)N(CC(=O)c3c(Cl)cccc3Cl)C3CC4(CCC4)C3)c2C(F)(F)F)CC1. The van der Waals surface area contributed by atoms with E-state index < -0.39 is 59.1 Å². The number of rotatable bonds is 7. The lowest BCUT2D eigenvalue weighted by Crippen LogP contribution is -2.56. The van der Waals surface area contributed by atoms with E-state index in [1.54, 1.807) is 13.0 Å². The predicted octanol–water partition coefficient (Wildman–Crippen LogP) is 7.07. The second kappa shape index (κ2) is 10.4. The number of benzene rings is 1. The number of halogens is 5. The van der Waals surface area contributed by atoms with Crippen LogP contribution in [0, 0.1) is 10.8 Å². The van der Waals surface area contributed by atoms with Gasteiger partial charge in [0.05, 0.1) is 45.4 Å². The van der Waals surface area contributed by atoms with Crippen LogP contribution in [0.15, 0.2) is 24.4 Å². The number of hydrogen-bond acceptors (Lipinski definition) is 4. The van der Waals surface area contributed by atoms with Gasteiger partial charge in [-0.15, -0.1) is 0 Å². The average molecular weight is 600 g/mol. The summed E-state index contributed by atoms with van der Waals surface area (Å²) in [5, 5.41) is 13.7. The summed E-state index contributed by atoms with van der Waals surface area (Å²) in [6.07, 6.45) is 1.08. The van der Waals surface area contributed by atoms with Crippen molar-refractivity contribution in [2.75, 3.05) is 6.54 Å². The summed E-state index contributed by atoms with van der Waals surface area (Å²) in [7, 11) is 0. The molecule has 1 heterocycles. The molecule has 0 saturated heterocycles. The minimum atomic E-state index is -4.90. The normalized spacial score (nSPS) is 24.3. The van der Waals surface area contributed by atoms with Gasteiger partial charge in [0.15, 0.2) is 11.5 Å². The van der Waals surface area contributed by atoms with E-state index in [0.717, 1.165) is 30.1 Å². The Morgan fingerprint density at radius 1 is 1.10 bits per heavy atom. The van der Waals surface area contributed by atoms with Crippen LogP contribution >= 0.6 is 23.2 Å². The maximum absolute atomic E-state index is 14.5. The molecule has 3 aliphatic rings. The van der Waals surface area contributed by atoms with E-state index in [2.05, 4.69) is 5.10 Å². The third-order valence-electron chi connectivity index (χ3n) is 9.22. The molecule has 0 aliphatic heterocycles. The molecule has 3 aliphatic carbocycles. The molecule has 216 valence electrons. The van der Waals surface area contributed by atoms with E-state index in [4.69, 9.17) is 23.2 Å². The summed E-state index contributed by atoms with van der Waals surface area (Å²) < 4.78 is 44.3. The number of aliphatic carboxylic acids is 1. The average Bonchev–Trinajstić information content (AvgIpc) is 3.27. The number of ketones is 1. The van der Waals surface area contributed by atoms with Gasteiger partial charge in [-0.25, -0.2) is 0 Å². The van der Waals surface area contributed by atoms with Crippen molar-refractivity contribution in [3.63, 3.8) is 0 Å². The molecule has 1 aromatic heterocycles. The van der Waals surface area contributed by atoms with Crippen LogP contribution in [0.25, 0.3) is 0 Å². The molecule has 0 radical (unpaired) electrons. The molecule has 5 rings (SSSR count). The van der Waals surface area contributed by atoms with Gasteiger partial charge in [0, 0.05) is 6.04 Å². The van der Waals surface area contributed by atoms with Crippen molar-refractivity contribution >= 4 is 40.9 Å². The van der Waals surface area contributed by atoms with Crippen LogP contribution in [-0.4, -0.2) is 50.0 Å². The lowest BCUT2D eigenvalue weighted by molar-refractivity contribution is -0.152. The lowest BCUT2D eigenvalue weighted by Gasteiger charge is -2.57. The zero-order chi connectivity index (χ0) is 29.0. The van der Waals surface area contributed by atoms with Crippen molar-refractivity contribution in [2.45, 2.75) is 83.0 Å². The molecule has 12 heteroatoms. The Labute approximate surface area is 239 Å². The summed E-state index contributed by atoms with van der Waals surface area (Å²) in [5.74, 6) is -2.46. The summed E-state index contributed by atoms with van der Waals surface area (Å²) in [5.41, 5.74) is -2.69. The Kier molecular flexibility index (Phi) is 7.48. The molecule has 7 nitrogen and oxygen atoms in total. The van der Waals surface area contributed by atoms with Crippen LogP contribution in [0.5, 0.6) is 0 Å². The Morgan fingerprint density at radius 3 is 2.20 bits per heavy atom. The van der Waals surface area contributed by atoms with Crippen molar-refractivity contribution in [1.29, 1.82) is 0 Å². The molecular weight excluding hydrogens is 570 g/mol. The maximum atomic E-state index is 14.5. The predicted molar refractivity (Wildman–Crippen MR) is 142 cm³/mol. The second-order valence-corrected chi connectivity index (χ2v) is 12.6. The highest BCUT2D eigenvalue weighted by atomic mass is 35.5. The Bertz CT molecular complexity index is 1320. The first kappa shape index (κ1) is 28.9. The first-order chi connectivity index (χ1) is 18.7. The number of carbonyl (C=O) groups is 3. The van der Waals surface area contributed by atoms with Gasteiger partial charge in [0.25, 0.3) is 5.91 Å². The van der Waals surface area contributed by atoms with Crippen LogP contribution in [0.3, 0.4) is 0 Å². The zero-order valence-electron chi connectivity index (χ0n) is 21.9. The third-order valence-corrected chi connectivity index (χ3v) is 9.85. The Morgan fingerprint density at radius 2 is 1.70 bits per heavy atom. The Hall–Kier alpha value is -2.59. The van der Waals surface area contributed by atoms with Crippen molar-refractivity contribution in [3.8, 4) is 0 Å². The number of alkyl halides is 3. The fourth-order valence-corrected chi connectivity index (χ4v) is 7.15. The number of Topliss-reactive ketones (excluding diaryl/α,β-unsaturated/α-hetero) is 1. The molecule has 1 spiro atoms. The van der Waals surface area contributed by atoms with E-state index in [1.807, 2.05) is 0 Å². The summed E-state index contributed by atoms with van der Waals surface area (Å²) >= 11 is 12.4. The van der Waals surface area contributed by atoms with Crippen LogP contribution in [0.1, 0.15) is 97.2 Å². The van der Waals surface area contributed by atoms with E-state index in [1.165, 1.54) is 17.0 Å². The van der Waals surface area contributed by atoms with Crippen LogP contribution in [0.2, 0.25) is 10.0 Å². The molecule has 3 fully saturated rings. The minimum Gasteiger partial charge on any atom is -0.481 e. The van der Waals surface area contributed by atoms with Crippen molar-refractivity contribution in [2.24, 2.45) is 10.8 Å². The van der Waals surface area contributed by atoms with E-state index in [0.29, 0.717) is 12.8 Å². The number of carbonyl (C=O) groups excluding carboxylic acids is 2. The third kappa shape index (κ3) is 5.13. The highest BCUT2D eigenvalue weighted by Gasteiger charge is 2.52. The highest BCUT2D eigenvalue weighted by molar-refractivity contribution is 6.40. The zero-order valence-corrected chi connectivity index (χ0v) is 23.5. The number of hydrogen-bond donors (Lipinski definition) is 1. The minimum absolute atomic E-state index is 0.0248. The van der Waals surface area contributed by atoms with Gasteiger partial charge in [0.2, 0.25) is 0 Å². The number of nitrogens with zero attached hydrogens (tertiary/aromatic N) is 3. The molecule has 0 atom stereocenters. The number of carboxylic acids is 1. The topological polar surface area (TPSA) is 92.5 Å². The van der Waals surface area contributed by atoms with Gasteiger partial charge in [0.1, 0.15) is 0 Å². The molecule has 1 N–H and O–H groups in total. The molecule has 1 amide bonds. The van der Waals surface area contributed by atoms with E-state index in [-0.39, 0.29) is 46.7 Å². The largest absolute Gasteiger partial charge is 0.481 e. The first-order valence-corrected chi connectivity index (χ1v) is 14.2. The van der Waals surface area contributed by atoms with Crippen LogP contribution in [0.4, 0.5) is 13.2 Å². The van der Waals surface area contributed by atoms with Crippen molar-refractivity contribution < 1.29 is 32.7 Å². The molecule has 2 aromatic rings. The van der Waals surface area contributed by atoms with Crippen molar-refractivity contribution in [1.82, 2.24) is 14.7 Å². The Balaban J connectivity index is 1.46. The first-order valence-electron chi connectivity index (χ1n) is 13.4. The van der Waals surface area contributed by atoms with Gasteiger partial charge in [-0.1, -0.05) is 35.7 Å². The molecule has 0 bridgehead atoms. The fraction of sp³-hybridized carbons (Fsp3) is 0.571. The molecule has 3 saturated carbocycles. The summed E-state index contributed by atoms with van der Waals surface area (Å²) in [6.45, 7) is 1.12. The lowest BCUT2D eigenvalue weighted by atomic mass is 9.53. The van der Waals surface area contributed by atoms with Gasteiger partial charge in [-0.2, -0.15) is 18.3 Å². The van der Waals surface area contributed by atoms with Gasteiger partial charge in [-0.3, -0.25) is 19.1 Å². The maximum Gasteiger partial charge on any atom is 0.433 e. The fourth-order valence-electron chi connectivity index (χ4n) is 6.54.